The second-order valence-electron chi connectivity index (χ2n) is 3.54. The highest BCUT2D eigenvalue weighted by Crippen LogP contribution is 2.10. The van der Waals surface area contributed by atoms with Crippen LogP contribution in [0.25, 0.3) is 11.5 Å². The molecule has 0 aliphatic carbocycles. The number of carbonyl (C=O) groups excluding carboxylic acids is 1. The molecule has 0 aromatic carbocycles. The van der Waals surface area contributed by atoms with Crippen LogP contribution in [0.15, 0.2) is 36.9 Å². The van der Waals surface area contributed by atoms with E-state index in [9.17, 15) is 4.79 Å². The Kier molecular flexibility index (Phi) is 2.30. The summed E-state index contributed by atoms with van der Waals surface area (Å²) >= 11 is 0. The molecule has 0 aliphatic heterocycles. The largest absolute Gasteiger partial charge is 0.463 e. The molecule has 3 aromatic heterocycles. The quantitative estimate of drug-likeness (QED) is 0.619. The van der Waals surface area contributed by atoms with Crippen molar-refractivity contribution in [3.63, 3.8) is 0 Å². The number of fused-ring (bicyclic) bond motifs is 1. The van der Waals surface area contributed by atoms with Gasteiger partial charge in [0.1, 0.15) is 17.8 Å². The lowest BCUT2D eigenvalue weighted by atomic mass is 10.4. The minimum atomic E-state index is -0.563. The molecule has 0 fully saturated rings. The van der Waals surface area contributed by atoms with Crippen LogP contribution in [0, 0.1) is 0 Å². The van der Waals surface area contributed by atoms with Crippen molar-refractivity contribution in [3.8, 4) is 5.82 Å². The van der Waals surface area contributed by atoms with Crippen LogP contribution < -0.4 is 0 Å². The summed E-state index contributed by atoms with van der Waals surface area (Å²) in [6.07, 6.45) is 4.96. The topological polar surface area (TPSA) is 74.3 Å². The minimum Gasteiger partial charge on any atom is -0.463 e. The first kappa shape index (κ1) is 10.5. The Morgan fingerprint density at radius 2 is 2.22 bits per heavy atom. The zero-order chi connectivity index (χ0) is 12.5. The Balaban J connectivity index is 2.12. The Labute approximate surface area is 102 Å². The second kappa shape index (κ2) is 3.95. The van der Waals surface area contributed by atoms with Crippen LogP contribution in [0.5, 0.6) is 0 Å². The first-order valence-electron chi connectivity index (χ1n) is 5.22. The summed E-state index contributed by atoms with van der Waals surface area (Å²) in [5.74, 6) is 0.203. The molecule has 0 saturated carbocycles. The van der Waals surface area contributed by atoms with Crippen LogP contribution in [0.1, 0.15) is 10.6 Å². The number of hydrogen-bond donors (Lipinski definition) is 0. The predicted octanol–water partition coefficient (Wildman–Crippen LogP) is 0.702. The summed E-state index contributed by atoms with van der Waals surface area (Å²) in [7, 11) is 1.29. The zero-order valence-corrected chi connectivity index (χ0v) is 9.52. The molecule has 90 valence electrons. The Morgan fingerprint density at radius 3 is 3.06 bits per heavy atom. The van der Waals surface area contributed by atoms with E-state index >= 15 is 0 Å². The van der Waals surface area contributed by atoms with Crippen molar-refractivity contribution >= 4 is 11.6 Å². The number of pyridine rings is 1. The van der Waals surface area contributed by atoms with Gasteiger partial charge in [-0.15, -0.1) is 5.10 Å². The molecule has 0 unspecified atom stereocenters. The smallest absolute Gasteiger partial charge is 0.377 e. The maximum absolute atomic E-state index is 11.3. The standard InChI is InChI=1S/C11H9N5O2/c1-18-11(17)10-13-7-16(14-10)9-4-2-3-8-12-5-6-15(8)9/h2-7H,1H3. The van der Waals surface area contributed by atoms with E-state index in [1.807, 2.05) is 28.8 Å². The molecule has 0 radical (unpaired) electrons. The van der Waals surface area contributed by atoms with Crippen molar-refractivity contribution in [2.45, 2.75) is 0 Å². The number of methoxy groups -OCH3 is 1. The molecule has 3 heterocycles. The van der Waals surface area contributed by atoms with Gasteiger partial charge in [-0.1, -0.05) is 6.07 Å². The van der Waals surface area contributed by atoms with Gasteiger partial charge in [0.05, 0.1) is 7.11 Å². The summed E-state index contributed by atoms with van der Waals surface area (Å²) in [6.45, 7) is 0. The molecule has 0 aliphatic rings. The van der Waals surface area contributed by atoms with E-state index in [0.717, 1.165) is 11.5 Å². The van der Waals surface area contributed by atoms with Gasteiger partial charge in [-0.2, -0.15) is 0 Å². The fraction of sp³-hybridized carbons (Fsp3) is 0.0909. The molecular formula is C11H9N5O2. The molecule has 0 spiro atoms. The van der Waals surface area contributed by atoms with Crippen molar-refractivity contribution in [1.29, 1.82) is 0 Å². The monoisotopic (exact) mass is 243 g/mol. The lowest BCUT2D eigenvalue weighted by Crippen LogP contribution is -2.06. The number of imidazole rings is 1. The molecule has 3 rings (SSSR count). The molecule has 0 N–H and O–H groups in total. The minimum absolute atomic E-state index is 0.0228. The van der Waals surface area contributed by atoms with E-state index in [0.29, 0.717) is 0 Å². The van der Waals surface area contributed by atoms with Gasteiger partial charge in [-0.05, 0) is 12.1 Å². The van der Waals surface area contributed by atoms with E-state index in [2.05, 4.69) is 19.8 Å². The summed E-state index contributed by atoms with van der Waals surface area (Å²) in [4.78, 5) is 19.4. The fourth-order valence-corrected chi connectivity index (χ4v) is 1.68. The van der Waals surface area contributed by atoms with Gasteiger partial charge in [-0.3, -0.25) is 4.40 Å². The van der Waals surface area contributed by atoms with E-state index in [1.165, 1.54) is 18.1 Å². The SMILES string of the molecule is COC(=O)c1ncn(-c2cccc3nccn23)n1. The number of hydrogen-bond acceptors (Lipinski definition) is 5. The molecule has 0 amide bonds. The van der Waals surface area contributed by atoms with Gasteiger partial charge in [0, 0.05) is 12.4 Å². The molecule has 0 atom stereocenters. The van der Waals surface area contributed by atoms with Crippen molar-refractivity contribution in [2.24, 2.45) is 0 Å². The Bertz CT molecular complexity index is 715. The van der Waals surface area contributed by atoms with Crippen LogP contribution in [0.4, 0.5) is 0 Å². The van der Waals surface area contributed by atoms with Gasteiger partial charge in [-0.25, -0.2) is 19.4 Å². The number of carbonyl (C=O) groups is 1. The van der Waals surface area contributed by atoms with Gasteiger partial charge < -0.3 is 4.74 Å². The number of rotatable bonds is 2. The maximum atomic E-state index is 11.3. The van der Waals surface area contributed by atoms with Crippen LogP contribution in [-0.4, -0.2) is 37.2 Å². The third-order valence-electron chi connectivity index (χ3n) is 2.50. The van der Waals surface area contributed by atoms with Crippen molar-refractivity contribution < 1.29 is 9.53 Å². The number of aromatic nitrogens is 5. The normalized spacial score (nSPS) is 10.7. The zero-order valence-electron chi connectivity index (χ0n) is 9.52. The molecule has 0 saturated heterocycles. The Morgan fingerprint density at radius 1 is 1.33 bits per heavy atom. The summed E-state index contributed by atoms with van der Waals surface area (Å²) in [6, 6.07) is 5.59. The van der Waals surface area contributed by atoms with Gasteiger partial charge in [0.2, 0.25) is 0 Å². The second-order valence-corrected chi connectivity index (χ2v) is 3.54. The third-order valence-corrected chi connectivity index (χ3v) is 2.50. The maximum Gasteiger partial charge on any atom is 0.377 e. The lowest BCUT2D eigenvalue weighted by molar-refractivity contribution is 0.0587. The van der Waals surface area contributed by atoms with Crippen LogP contribution in [0.2, 0.25) is 0 Å². The predicted molar refractivity (Wildman–Crippen MR) is 61.4 cm³/mol. The van der Waals surface area contributed by atoms with Crippen LogP contribution in [-0.2, 0) is 4.74 Å². The van der Waals surface area contributed by atoms with Crippen molar-refractivity contribution in [2.75, 3.05) is 7.11 Å². The molecule has 18 heavy (non-hydrogen) atoms. The highest BCUT2D eigenvalue weighted by Gasteiger charge is 2.13. The van der Waals surface area contributed by atoms with Crippen LogP contribution >= 0.6 is 0 Å². The first-order valence-corrected chi connectivity index (χ1v) is 5.22. The van der Waals surface area contributed by atoms with Gasteiger partial charge in [0.15, 0.2) is 0 Å². The molecular weight excluding hydrogens is 234 g/mol. The highest BCUT2D eigenvalue weighted by atomic mass is 16.5. The molecule has 7 nitrogen and oxygen atoms in total. The van der Waals surface area contributed by atoms with E-state index < -0.39 is 5.97 Å². The molecule has 7 heteroatoms. The van der Waals surface area contributed by atoms with Crippen molar-refractivity contribution in [1.82, 2.24) is 24.1 Å². The summed E-state index contributed by atoms with van der Waals surface area (Å²) in [5, 5.41) is 4.06. The lowest BCUT2D eigenvalue weighted by Gasteiger charge is -2.03. The van der Waals surface area contributed by atoms with E-state index in [1.54, 1.807) is 6.20 Å². The third kappa shape index (κ3) is 1.53. The number of nitrogens with zero attached hydrogens (tertiary/aromatic N) is 5. The van der Waals surface area contributed by atoms with Crippen LogP contribution in [0.3, 0.4) is 0 Å². The first-order chi connectivity index (χ1) is 8.79. The number of esters is 1. The summed E-state index contributed by atoms with van der Waals surface area (Å²) < 4.78 is 7.91. The van der Waals surface area contributed by atoms with Crippen molar-refractivity contribution in [3.05, 3.63) is 42.7 Å². The number of ether oxygens (including phenoxy) is 1. The van der Waals surface area contributed by atoms with E-state index in [4.69, 9.17) is 0 Å². The average Bonchev–Trinajstić information content (AvgIpc) is 3.05. The fourth-order valence-electron chi connectivity index (χ4n) is 1.68. The average molecular weight is 243 g/mol. The molecule has 0 bridgehead atoms. The Hall–Kier alpha value is -2.70. The highest BCUT2D eigenvalue weighted by molar-refractivity contribution is 5.84. The summed E-state index contributed by atoms with van der Waals surface area (Å²) in [5.41, 5.74) is 0.794. The van der Waals surface area contributed by atoms with Gasteiger partial charge >= 0.3 is 5.97 Å². The van der Waals surface area contributed by atoms with E-state index in [-0.39, 0.29) is 5.82 Å². The molecule has 3 aromatic rings. The van der Waals surface area contributed by atoms with Gasteiger partial charge in [0.25, 0.3) is 5.82 Å².